The Morgan fingerprint density at radius 2 is 2.56 bits per heavy atom. The van der Waals surface area contributed by atoms with Crippen LogP contribution in [0.3, 0.4) is 0 Å². The minimum atomic E-state index is 0.197. The van der Waals surface area contributed by atoms with Crippen molar-refractivity contribution in [1.82, 2.24) is 0 Å². The normalized spacial score (nSPS) is 26.2. The Balaban J connectivity index is 2.56. The molecule has 1 rings (SSSR count). The molecule has 0 aliphatic heterocycles. The molecule has 0 aromatic carbocycles. The van der Waals surface area contributed by atoms with Gasteiger partial charge < -0.3 is 4.79 Å². The Morgan fingerprint density at radius 3 is 3.00 bits per heavy atom. The van der Waals surface area contributed by atoms with E-state index in [9.17, 15) is 4.79 Å². The van der Waals surface area contributed by atoms with Crippen molar-refractivity contribution in [2.45, 2.75) is 12.8 Å². The van der Waals surface area contributed by atoms with Crippen LogP contribution in [0.2, 0.25) is 0 Å². The molecular weight excluding hydrogens is 112 g/mol. The van der Waals surface area contributed by atoms with Gasteiger partial charge in [-0.3, -0.25) is 0 Å². The summed E-state index contributed by atoms with van der Waals surface area (Å²) in [4.78, 5) is 10.2. The van der Waals surface area contributed by atoms with E-state index in [1.807, 2.05) is 12.2 Å². The Hall–Kier alpha value is -0.850. The van der Waals surface area contributed by atoms with Gasteiger partial charge in [0.15, 0.2) is 0 Å². The predicted octanol–water partition coefficient (Wildman–Crippen LogP) is 1.71. The van der Waals surface area contributed by atoms with Crippen molar-refractivity contribution in [2.75, 3.05) is 0 Å². The minimum absolute atomic E-state index is 0.197. The predicted molar refractivity (Wildman–Crippen MR) is 37.1 cm³/mol. The van der Waals surface area contributed by atoms with Gasteiger partial charge in [-0.2, -0.15) is 0 Å². The van der Waals surface area contributed by atoms with E-state index in [2.05, 4.69) is 6.58 Å². The number of carbonyl (C=O) groups is 1. The second kappa shape index (κ2) is 2.62. The SMILES string of the molecule is C=C1C=CCC(C=O)C1. The van der Waals surface area contributed by atoms with E-state index in [0.29, 0.717) is 0 Å². The average Bonchev–Trinajstić information content (AvgIpc) is 1.88. The van der Waals surface area contributed by atoms with Crippen molar-refractivity contribution in [3.8, 4) is 0 Å². The summed E-state index contributed by atoms with van der Waals surface area (Å²) in [6.45, 7) is 3.77. The van der Waals surface area contributed by atoms with Crippen LogP contribution in [-0.2, 0) is 4.79 Å². The third kappa shape index (κ3) is 1.53. The van der Waals surface area contributed by atoms with E-state index in [1.165, 1.54) is 0 Å². The fraction of sp³-hybridized carbons (Fsp3) is 0.375. The van der Waals surface area contributed by atoms with E-state index in [1.54, 1.807) is 0 Å². The Bertz CT molecular complexity index is 156. The largest absolute Gasteiger partial charge is 0.303 e. The minimum Gasteiger partial charge on any atom is -0.303 e. The highest BCUT2D eigenvalue weighted by molar-refractivity contribution is 5.55. The van der Waals surface area contributed by atoms with Gasteiger partial charge in [0.05, 0.1) is 0 Å². The zero-order valence-electron chi connectivity index (χ0n) is 5.34. The molecule has 1 aliphatic rings. The van der Waals surface area contributed by atoms with Gasteiger partial charge in [0.2, 0.25) is 0 Å². The standard InChI is InChI=1S/C8H10O/c1-7-3-2-4-8(5-7)6-9/h2-3,6,8H,1,4-5H2. The number of aldehydes is 1. The first-order chi connectivity index (χ1) is 4.33. The van der Waals surface area contributed by atoms with Crippen molar-refractivity contribution in [1.29, 1.82) is 0 Å². The Morgan fingerprint density at radius 1 is 1.78 bits per heavy atom. The fourth-order valence-electron chi connectivity index (χ4n) is 1.00. The van der Waals surface area contributed by atoms with E-state index in [0.717, 1.165) is 24.7 Å². The molecule has 0 saturated carbocycles. The van der Waals surface area contributed by atoms with E-state index < -0.39 is 0 Å². The summed E-state index contributed by atoms with van der Waals surface area (Å²) in [5, 5.41) is 0. The lowest BCUT2D eigenvalue weighted by Crippen LogP contribution is -2.04. The zero-order chi connectivity index (χ0) is 6.69. The summed E-state index contributed by atoms with van der Waals surface area (Å²) in [5.74, 6) is 0.197. The van der Waals surface area contributed by atoms with Crippen molar-refractivity contribution in [3.63, 3.8) is 0 Å². The quantitative estimate of drug-likeness (QED) is 0.484. The summed E-state index contributed by atoms with van der Waals surface area (Å²) in [6, 6.07) is 0. The van der Waals surface area contributed by atoms with Crippen LogP contribution in [0.15, 0.2) is 24.3 Å². The first-order valence-electron chi connectivity index (χ1n) is 3.12. The van der Waals surface area contributed by atoms with Crippen LogP contribution < -0.4 is 0 Å². The molecule has 9 heavy (non-hydrogen) atoms. The maximum absolute atomic E-state index is 10.2. The third-order valence-electron chi connectivity index (χ3n) is 1.51. The first-order valence-corrected chi connectivity index (χ1v) is 3.12. The van der Waals surface area contributed by atoms with Gasteiger partial charge in [0, 0.05) is 5.92 Å². The lowest BCUT2D eigenvalue weighted by Gasteiger charge is -2.11. The van der Waals surface area contributed by atoms with E-state index in [4.69, 9.17) is 0 Å². The smallest absolute Gasteiger partial charge is 0.123 e. The van der Waals surface area contributed by atoms with Gasteiger partial charge in [0.25, 0.3) is 0 Å². The van der Waals surface area contributed by atoms with Gasteiger partial charge in [-0.15, -0.1) is 0 Å². The summed E-state index contributed by atoms with van der Waals surface area (Å²) in [7, 11) is 0. The molecule has 1 heteroatoms. The highest BCUT2D eigenvalue weighted by Gasteiger charge is 2.09. The van der Waals surface area contributed by atoms with Crippen LogP contribution in [0, 0.1) is 5.92 Å². The van der Waals surface area contributed by atoms with Crippen molar-refractivity contribution in [2.24, 2.45) is 5.92 Å². The van der Waals surface area contributed by atoms with E-state index >= 15 is 0 Å². The maximum Gasteiger partial charge on any atom is 0.123 e. The molecule has 0 fully saturated rings. The van der Waals surface area contributed by atoms with Crippen LogP contribution in [-0.4, -0.2) is 6.29 Å². The molecule has 0 radical (unpaired) electrons. The van der Waals surface area contributed by atoms with Crippen molar-refractivity contribution in [3.05, 3.63) is 24.3 Å². The molecule has 0 aromatic heterocycles. The van der Waals surface area contributed by atoms with Crippen LogP contribution in [0.5, 0.6) is 0 Å². The fourth-order valence-corrected chi connectivity index (χ4v) is 1.00. The van der Waals surface area contributed by atoms with Crippen LogP contribution in [0.1, 0.15) is 12.8 Å². The molecule has 0 N–H and O–H groups in total. The highest BCUT2D eigenvalue weighted by Crippen LogP contribution is 2.18. The topological polar surface area (TPSA) is 17.1 Å². The van der Waals surface area contributed by atoms with Gasteiger partial charge in [-0.05, 0) is 12.8 Å². The lowest BCUT2D eigenvalue weighted by molar-refractivity contribution is -0.111. The van der Waals surface area contributed by atoms with Gasteiger partial charge in [-0.1, -0.05) is 24.3 Å². The number of allylic oxidation sites excluding steroid dienone is 3. The van der Waals surface area contributed by atoms with Crippen molar-refractivity contribution >= 4 is 6.29 Å². The molecule has 0 amide bonds. The highest BCUT2D eigenvalue weighted by atomic mass is 16.1. The van der Waals surface area contributed by atoms with Gasteiger partial charge in [0.1, 0.15) is 6.29 Å². The number of rotatable bonds is 1. The number of carbonyl (C=O) groups excluding carboxylic acids is 1. The molecule has 1 aliphatic carbocycles. The molecule has 48 valence electrons. The molecule has 0 saturated heterocycles. The number of hydrogen-bond donors (Lipinski definition) is 0. The Kier molecular flexibility index (Phi) is 1.83. The molecule has 1 unspecified atom stereocenters. The zero-order valence-corrected chi connectivity index (χ0v) is 5.34. The van der Waals surface area contributed by atoms with Gasteiger partial charge in [-0.25, -0.2) is 0 Å². The van der Waals surface area contributed by atoms with Crippen molar-refractivity contribution < 1.29 is 4.79 Å². The Labute approximate surface area is 55.1 Å². The summed E-state index contributed by atoms with van der Waals surface area (Å²) in [5.41, 5.74) is 1.07. The monoisotopic (exact) mass is 122 g/mol. The number of hydrogen-bond acceptors (Lipinski definition) is 1. The third-order valence-corrected chi connectivity index (χ3v) is 1.51. The average molecular weight is 122 g/mol. The molecule has 1 atom stereocenters. The van der Waals surface area contributed by atoms with E-state index in [-0.39, 0.29) is 5.92 Å². The maximum atomic E-state index is 10.2. The molecule has 0 heterocycles. The second-order valence-corrected chi connectivity index (χ2v) is 2.40. The molecule has 0 spiro atoms. The molecular formula is C8H10O. The lowest BCUT2D eigenvalue weighted by atomic mass is 9.93. The van der Waals surface area contributed by atoms with Crippen LogP contribution >= 0.6 is 0 Å². The molecule has 1 nitrogen and oxygen atoms in total. The summed E-state index contributed by atoms with van der Waals surface area (Å²) in [6.07, 6.45) is 6.74. The summed E-state index contributed by atoms with van der Waals surface area (Å²) < 4.78 is 0. The summed E-state index contributed by atoms with van der Waals surface area (Å²) >= 11 is 0. The first kappa shape index (κ1) is 6.27. The van der Waals surface area contributed by atoms with Crippen LogP contribution in [0.4, 0.5) is 0 Å². The molecule has 0 bridgehead atoms. The molecule has 0 aromatic rings. The van der Waals surface area contributed by atoms with Gasteiger partial charge >= 0.3 is 0 Å². The second-order valence-electron chi connectivity index (χ2n) is 2.40. The van der Waals surface area contributed by atoms with Crippen LogP contribution in [0.25, 0.3) is 0 Å².